The minimum Gasteiger partial charge on any atom is -0.384 e. The van der Waals surface area contributed by atoms with E-state index in [0.29, 0.717) is 15.7 Å². The molecule has 9 heteroatoms. The summed E-state index contributed by atoms with van der Waals surface area (Å²) in [6.07, 6.45) is 0. The molecular formula is C9H7BrN4O3S. The monoisotopic (exact) mass is 330 g/mol. The molecule has 0 saturated heterocycles. The smallest absolute Gasteiger partial charge is 0.323 e. The second-order valence-corrected chi connectivity index (χ2v) is 6.20. The van der Waals surface area contributed by atoms with Gasteiger partial charge in [-0.2, -0.15) is 13.1 Å². The number of carbonyl (C=O) groups excluding carboxylic acids is 1. The molecule has 1 aromatic carbocycles. The number of anilines is 1. The van der Waals surface area contributed by atoms with Gasteiger partial charge in [0, 0.05) is 15.7 Å². The van der Waals surface area contributed by atoms with Gasteiger partial charge in [0.2, 0.25) is 0 Å². The van der Waals surface area contributed by atoms with Gasteiger partial charge < -0.3 is 11.1 Å². The van der Waals surface area contributed by atoms with Crippen molar-refractivity contribution in [1.29, 1.82) is 0 Å². The molecule has 2 heterocycles. The summed E-state index contributed by atoms with van der Waals surface area (Å²) in [6, 6.07) is 5.02. The number of carbonyl (C=O) groups is 1. The molecule has 7 nitrogen and oxygen atoms in total. The molecule has 0 fully saturated rings. The van der Waals surface area contributed by atoms with Crippen LogP contribution < -0.4 is 15.8 Å². The van der Waals surface area contributed by atoms with Crippen LogP contribution in [0.15, 0.2) is 27.1 Å². The molecule has 1 unspecified atom stereocenters. The van der Waals surface area contributed by atoms with Crippen LogP contribution >= 0.6 is 15.9 Å². The molecule has 94 valence electrons. The number of hydrogen-bond donors (Lipinski definition) is 3. The van der Waals surface area contributed by atoms with Gasteiger partial charge in [-0.05, 0) is 18.2 Å². The molecule has 0 bridgehead atoms. The van der Waals surface area contributed by atoms with E-state index in [1.165, 1.54) is 0 Å². The maximum absolute atomic E-state index is 12.1. The Morgan fingerprint density at radius 1 is 1.39 bits per heavy atom. The van der Waals surface area contributed by atoms with Crippen molar-refractivity contribution in [1.82, 2.24) is 4.72 Å². The number of nitrogens with one attached hydrogen (secondary N) is 2. The maximum atomic E-state index is 12.1. The molecule has 4 N–H and O–H groups in total. The van der Waals surface area contributed by atoms with Gasteiger partial charge in [0.25, 0.3) is 5.91 Å². The van der Waals surface area contributed by atoms with Crippen molar-refractivity contribution in [2.24, 2.45) is 10.1 Å². The fourth-order valence-electron chi connectivity index (χ4n) is 2.10. The van der Waals surface area contributed by atoms with Crippen LogP contribution in [0.3, 0.4) is 0 Å². The van der Waals surface area contributed by atoms with E-state index in [0.717, 1.165) is 0 Å². The van der Waals surface area contributed by atoms with Crippen LogP contribution in [-0.2, 0) is 20.5 Å². The van der Waals surface area contributed by atoms with E-state index < -0.39 is 21.7 Å². The van der Waals surface area contributed by atoms with Crippen LogP contribution in [0.2, 0.25) is 0 Å². The van der Waals surface area contributed by atoms with Crippen molar-refractivity contribution in [2.45, 2.75) is 5.54 Å². The highest BCUT2D eigenvalue weighted by atomic mass is 79.9. The van der Waals surface area contributed by atoms with Crippen LogP contribution in [0.4, 0.5) is 5.69 Å². The zero-order valence-corrected chi connectivity index (χ0v) is 11.2. The summed E-state index contributed by atoms with van der Waals surface area (Å²) < 4.78 is 29.2. The molecule has 1 atom stereocenters. The minimum absolute atomic E-state index is 0.281. The number of halogens is 1. The molecular weight excluding hydrogens is 324 g/mol. The lowest BCUT2D eigenvalue weighted by atomic mass is 9.91. The van der Waals surface area contributed by atoms with E-state index in [9.17, 15) is 13.2 Å². The Balaban J connectivity index is 2.30. The highest BCUT2D eigenvalue weighted by Crippen LogP contribution is 2.40. The fraction of sp³-hybridized carbons (Fsp3) is 0.111. The standard InChI is InChI=1S/C9H7BrN4O3S/c10-4-1-2-6-5(3-4)9(8(15)12-6)7(11)13-18(16,17)14-9/h1-3,14H,(H2,11,13)(H,12,15). The van der Waals surface area contributed by atoms with E-state index in [1.807, 2.05) is 0 Å². The summed E-state index contributed by atoms with van der Waals surface area (Å²) in [5.74, 6) is -0.838. The Hall–Kier alpha value is -1.45. The molecule has 0 radical (unpaired) electrons. The lowest BCUT2D eigenvalue weighted by molar-refractivity contribution is -0.119. The van der Waals surface area contributed by atoms with Gasteiger partial charge in [0.1, 0.15) is 5.84 Å². The minimum atomic E-state index is -3.94. The van der Waals surface area contributed by atoms with E-state index in [2.05, 4.69) is 30.4 Å². The van der Waals surface area contributed by atoms with Gasteiger partial charge in [-0.3, -0.25) is 4.79 Å². The molecule has 2 aliphatic rings. The molecule has 1 spiro atoms. The van der Waals surface area contributed by atoms with Gasteiger partial charge in [0.15, 0.2) is 5.54 Å². The van der Waals surface area contributed by atoms with Gasteiger partial charge in [-0.1, -0.05) is 15.9 Å². The predicted octanol–water partition coefficient (Wildman–Crippen LogP) is -0.198. The van der Waals surface area contributed by atoms with Crippen molar-refractivity contribution in [3.05, 3.63) is 28.2 Å². The third-order valence-corrected chi connectivity index (χ3v) is 4.35. The van der Waals surface area contributed by atoms with E-state index in [1.54, 1.807) is 18.2 Å². The van der Waals surface area contributed by atoms with Crippen molar-refractivity contribution in [3.63, 3.8) is 0 Å². The molecule has 3 rings (SSSR count). The van der Waals surface area contributed by atoms with E-state index in [-0.39, 0.29) is 5.84 Å². The first-order valence-corrected chi connectivity index (χ1v) is 7.10. The molecule has 0 saturated carbocycles. The van der Waals surface area contributed by atoms with Gasteiger partial charge >= 0.3 is 10.2 Å². The SMILES string of the molecule is NC1=NS(=O)(=O)NC12C(=O)Nc1ccc(Br)cc12. The number of fused-ring (bicyclic) bond motifs is 2. The van der Waals surface area contributed by atoms with Crippen molar-refractivity contribution in [2.75, 3.05) is 5.32 Å². The summed E-state index contributed by atoms with van der Waals surface area (Å²) in [4.78, 5) is 12.1. The summed E-state index contributed by atoms with van der Waals surface area (Å²) in [5, 5.41) is 2.58. The number of amidine groups is 1. The summed E-state index contributed by atoms with van der Waals surface area (Å²) in [7, 11) is -3.94. The summed E-state index contributed by atoms with van der Waals surface area (Å²) in [6.45, 7) is 0. The Morgan fingerprint density at radius 3 is 2.72 bits per heavy atom. The first-order valence-electron chi connectivity index (χ1n) is 4.86. The largest absolute Gasteiger partial charge is 0.384 e. The Bertz CT molecular complexity index is 715. The lowest BCUT2D eigenvalue weighted by Crippen LogP contribution is -2.53. The van der Waals surface area contributed by atoms with E-state index >= 15 is 0 Å². The van der Waals surface area contributed by atoms with Gasteiger partial charge in [-0.25, -0.2) is 0 Å². The highest BCUT2D eigenvalue weighted by Gasteiger charge is 2.56. The molecule has 1 aromatic rings. The maximum Gasteiger partial charge on any atom is 0.323 e. The van der Waals surface area contributed by atoms with Crippen LogP contribution in [0.25, 0.3) is 0 Å². The highest BCUT2D eigenvalue weighted by molar-refractivity contribution is 9.10. The van der Waals surface area contributed by atoms with Crippen LogP contribution in [0, 0.1) is 0 Å². The van der Waals surface area contributed by atoms with Gasteiger partial charge in [0.05, 0.1) is 0 Å². The predicted molar refractivity (Wildman–Crippen MR) is 68.1 cm³/mol. The van der Waals surface area contributed by atoms with Crippen molar-refractivity contribution in [3.8, 4) is 0 Å². The van der Waals surface area contributed by atoms with Gasteiger partial charge in [-0.15, -0.1) is 4.40 Å². The quantitative estimate of drug-likeness (QED) is 0.611. The lowest BCUT2D eigenvalue weighted by Gasteiger charge is -2.20. The number of amides is 1. The Morgan fingerprint density at radius 2 is 2.11 bits per heavy atom. The first-order chi connectivity index (χ1) is 8.35. The van der Waals surface area contributed by atoms with E-state index in [4.69, 9.17) is 5.73 Å². The zero-order chi connectivity index (χ0) is 13.1. The van der Waals surface area contributed by atoms with Crippen LogP contribution in [0.1, 0.15) is 5.56 Å². The Kier molecular flexibility index (Phi) is 2.14. The normalized spacial score (nSPS) is 28.1. The molecule has 0 aliphatic carbocycles. The van der Waals surface area contributed by atoms with Crippen molar-refractivity contribution < 1.29 is 13.2 Å². The number of hydrogen-bond acceptors (Lipinski definition) is 4. The average molecular weight is 331 g/mol. The number of rotatable bonds is 0. The number of nitrogens with two attached hydrogens (primary N) is 1. The third-order valence-electron chi connectivity index (χ3n) is 2.86. The number of nitrogens with zero attached hydrogens (tertiary/aromatic N) is 1. The van der Waals surface area contributed by atoms with Crippen molar-refractivity contribution >= 4 is 43.6 Å². The van der Waals surface area contributed by atoms with Crippen LogP contribution in [0.5, 0.6) is 0 Å². The second kappa shape index (κ2) is 3.31. The second-order valence-electron chi connectivity index (χ2n) is 3.95. The molecule has 2 aliphatic heterocycles. The molecule has 0 aromatic heterocycles. The fourth-order valence-corrected chi connectivity index (χ4v) is 3.59. The topological polar surface area (TPSA) is 114 Å². The summed E-state index contributed by atoms with van der Waals surface area (Å²) in [5.41, 5.74) is 4.95. The molecule has 18 heavy (non-hydrogen) atoms. The van der Waals surface area contributed by atoms with Crippen LogP contribution in [-0.4, -0.2) is 20.2 Å². The first kappa shape index (κ1) is 11.6. The average Bonchev–Trinajstić information content (AvgIpc) is 2.66. The number of benzene rings is 1. The summed E-state index contributed by atoms with van der Waals surface area (Å²) >= 11 is 3.27. The third kappa shape index (κ3) is 1.35. The zero-order valence-electron chi connectivity index (χ0n) is 8.77. The Labute approximate surface area is 111 Å². The molecule has 1 amide bonds.